The average Bonchev–Trinajstić information content (AvgIpc) is 1.89. The molecule has 0 bridgehead atoms. The Kier molecular flexibility index (Phi) is 16.3. The Morgan fingerprint density at radius 2 is 1.92 bits per heavy atom. The van der Waals surface area contributed by atoms with Crippen molar-refractivity contribution in [2.45, 2.75) is 39.5 Å². The molecule has 0 fully saturated rings. The van der Waals surface area contributed by atoms with Crippen LogP contribution in [0.25, 0.3) is 0 Å². The molecule has 3 nitrogen and oxygen atoms in total. The topological polar surface area (TPSA) is 68.8 Å². The van der Waals surface area contributed by atoms with Crippen LogP contribution in [0.1, 0.15) is 39.5 Å². The van der Waals surface area contributed by atoms with Gasteiger partial charge in [0.2, 0.25) is 0 Å². The third-order valence-electron chi connectivity index (χ3n) is 1.75. The molecule has 12 heavy (non-hydrogen) atoms. The molecular weight excluding hydrogens is 171 g/mol. The summed E-state index contributed by atoms with van der Waals surface area (Å²) in [6.45, 7) is 4.00. The summed E-state index contributed by atoms with van der Waals surface area (Å²) in [7, 11) is 0. The Morgan fingerprint density at radius 3 is 2.17 bits per heavy atom. The van der Waals surface area contributed by atoms with Gasteiger partial charge < -0.3 is 10.6 Å². The fourth-order valence-corrected chi connectivity index (χ4v) is 0.953. The number of carbonyl (C=O) groups is 1. The minimum Gasteiger partial charge on any atom is -0.481 e. The highest BCUT2D eigenvalue weighted by atomic mass is 27.0. The molecule has 3 N–H and O–H groups in total. The van der Waals surface area contributed by atoms with E-state index in [0.29, 0.717) is 0 Å². The highest BCUT2D eigenvalue weighted by molar-refractivity contribution is 5.75. The summed E-state index contributed by atoms with van der Waals surface area (Å²) >= 11 is 0. The van der Waals surface area contributed by atoms with Crippen LogP contribution in [0.2, 0.25) is 0 Å². The molecule has 0 aliphatic rings. The van der Waals surface area contributed by atoms with E-state index < -0.39 is 5.97 Å². The predicted octanol–water partition coefficient (Wildman–Crippen LogP) is 0.279. The molecule has 0 aromatic carbocycles. The molecule has 4 heteroatoms. The van der Waals surface area contributed by atoms with Gasteiger partial charge in [0.25, 0.3) is 0 Å². The first-order valence-corrected chi connectivity index (χ1v) is 3.95. The van der Waals surface area contributed by atoms with Gasteiger partial charge in [0.1, 0.15) is 0 Å². The van der Waals surface area contributed by atoms with E-state index in [9.17, 15) is 4.79 Å². The molecule has 0 aromatic heterocycles. The van der Waals surface area contributed by atoms with Gasteiger partial charge in [0, 0.05) is 0 Å². The van der Waals surface area contributed by atoms with Crippen LogP contribution in [0, 0.1) is 5.92 Å². The summed E-state index contributed by atoms with van der Waals surface area (Å²) in [5, 5.41) is 8.60. The van der Waals surface area contributed by atoms with E-state index >= 15 is 0 Å². The molecule has 0 radical (unpaired) electrons. The van der Waals surface area contributed by atoms with Gasteiger partial charge in [0.15, 0.2) is 17.4 Å². The van der Waals surface area contributed by atoms with Gasteiger partial charge in [-0.2, -0.15) is 0 Å². The maximum Gasteiger partial charge on any atom is 0.306 e. The van der Waals surface area contributed by atoms with E-state index in [1.165, 1.54) is 0 Å². The Balaban J connectivity index is -0.000000405. The largest absolute Gasteiger partial charge is 0.481 e. The zero-order valence-corrected chi connectivity index (χ0v) is 7.26. The summed E-state index contributed by atoms with van der Waals surface area (Å²) in [5.74, 6) is -0.754. The highest BCUT2D eigenvalue weighted by Crippen LogP contribution is 2.11. The van der Waals surface area contributed by atoms with Crippen molar-refractivity contribution in [3.63, 3.8) is 0 Å². The van der Waals surface area contributed by atoms with Crippen LogP contribution < -0.4 is 0 Å². The minimum absolute atomic E-state index is 0. The van der Waals surface area contributed by atoms with Gasteiger partial charge in [-0.15, -0.1) is 0 Å². The average molecular weight is 192 g/mol. The van der Waals surface area contributed by atoms with Gasteiger partial charge in [-0.1, -0.05) is 26.7 Å². The number of rotatable bonds is 5. The standard InChI is InChI=1S/C8H16O2.Al.H2O.3H/c1-3-5-6-7(4-2)8(9)10;;;;;/h7H,3-6H2,1-2H3,(H,9,10);;1H2;;;. The van der Waals surface area contributed by atoms with Crippen molar-refractivity contribution in [2.24, 2.45) is 5.92 Å². The van der Waals surface area contributed by atoms with Gasteiger partial charge in [0.05, 0.1) is 5.92 Å². The number of hydrogen-bond donors (Lipinski definition) is 1. The van der Waals surface area contributed by atoms with Gasteiger partial charge >= 0.3 is 5.97 Å². The zero-order chi connectivity index (χ0) is 7.98. The Morgan fingerprint density at radius 1 is 1.42 bits per heavy atom. The van der Waals surface area contributed by atoms with Crippen LogP contribution in [-0.2, 0) is 4.79 Å². The number of carboxylic acids is 1. The van der Waals surface area contributed by atoms with Crippen LogP contribution in [0.4, 0.5) is 0 Å². The molecule has 0 spiro atoms. The van der Waals surface area contributed by atoms with Crippen LogP contribution in [0.5, 0.6) is 0 Å². The monoisotopic (exact) mass is 192 g/mol. The van der Waals surface area contributed by atoms with Crippen LogP contribution in [0.15, 0.2) is 0 Å². The predicted molar refractivity (Wildman–Crippen MR) is 54.5 cm³/mol. The van der Waals surface area contributed by atoms with Gasteiger partial charge in [-0.3, -0.25) is 4.79 Å². The molecule has 0 aliphatic heterocycles. The minimum atomic E-state index is -0.643. The maximum absolute atomic E-state index is 10.4. The van der Waals surface area contributed by atoms with E-state index in [4.69, 9.17) is 5.11 Å². The maximum atomic E-state index is 10.4. The first-order chi connectivity index (χ1) is 4.72. The molecule has 0 rings (SSSR count). The van der Waals surface area contributed by atoms with Crippen molar-refractivity contribution in [3.8, 4) is 0 Å². The second-order valence-corrected chi connectivity index (χ2v) is 2.59. The molecular formula is C8H21AlO3. The van der Waals surface area contributed by atoms with Crippen LogP contribution >= 0.6 is 0 Å². The summed E-state index contributed by atoms with van der Waals surface area (Å²) in [4.78, 5) is 10.4. The lowest BCUT2D eigenvalue weighted by Gasteiger charge is -2.06. The molecule has 1 unspecified atom stereocenters. The third kappa shape index (κ3) is 8.06. The summed E-state index contributed by atoms with van der Waals surface area (Å²) in [5.41, 5.74) is 0. The molecule has 0 saturated carbocycles. The van der Waals surface area contributed by atoms with Crippen molar-refractivity contribution in [1.29, 1.82) is 0 Å². The van der Waals surface area contributed by atoms with Crippen molar-refractivity contribution < 1.29 is 15.4 Å². The van der Waals surface area contributed by atoms with Crippen molar-refractivity contribution >= 4 is 23.3 Å². The van der Waals surface area contributed by atoms with Gasteiger partial charge in [-0.05, 0) is 12.8 Å². The Hall–Kier alpha value is -0.0375. The normalized spacial score (nSPS) is 10.8. The highest BCUT2D eigenvalue weighted by Gasteiger charge is 2.12. The van der Waals surface area contributed by atoms with Gasteiger partial charge in [-0.25, -0.2) is 0 Å². The molecule has 1 atom stereocenters. The Labute approximate surface area is 84.6 Å². The van der Waals surface area contributed by atoms with E-state index in [1.807, 2.05) is 6.92 Å². The van der Waals surface area contributed by atoms with Crippen molar-refractivity contribution in [3.05, 3.63) is 0 Å². The fourth-order valence-electron chi connectivity index (χ4n) is 0.953. The van der Waals surface area contributed by atoms with E-state index in [-0.39, 0.29) is 28.8 Å². The Bertz CT molecular complexity index is 106. The molecule has 0 heterocycles. The van der Waals surface area contributed by atoms with E-state index in [2.05, 4.69) is 6.92 Å². The molecule has 74 valence electrons. The van der Waals surface area contributed by atoms with E-state index in [1.54, 1.807) is 0 Å². The lowest BCUT2D eigenvalue weighted by atomic mass is 10.00. The second-order valence-electron chi connectivity index (χ2n) is 2.59. The fraction of sp³-hybridized carbons (Fsp3) is 0.875. The quantitative estimate of drug-likeness (QED) is 0.635. The molecule has 0 amide bonds. The molecule has 0 saturated heterocycles. The molecule has 0 aromatic rings. The number of unbranched alkanes of at least 4 members (excludes halogenated alkanes) is 1. The lowest BCUT2D eigenvalue weighted by molar-refractivity contribution is -0.142. The van der Waals surface area contributed by atoms with Crippen molar-refractivity contribution in [2.75, 3.05) is 0 Å². The first kappa shape index (κ1) is 17.9. The number of aliphatic carboxylic acids is 1. The zero-order valence-electron chi connectivity index (χ0n) is 7.26. The lowest BCUT2D eigenvalue weighted by Crippen LogP contribution is -2.11. The smallest absolute Gasteiger partial charge is 0.306 e. The first-order valence-electron chi connectivity index (χ1n) is 3.95. The van der Waals surface area contributed by atoms with E-state index in [0.717, 1.165) is 25.7 Å². The molecule has 0 aliphatic carbocycles. The van der Waals surface area contributed by atoms with Crippen LogP contribution in [-0.4, -0.2) is 33.9 Å². The summed E-state index contributed by atoms with van der Waals surface area (Å²) < 4.78 is 0. The SMILES string of the molecule is CCCCC(CC)C(=O)O.O.[AlH3]. The number of carboxylic acid groups (broad SMARTS) is 1. The second kappa shape index (κ2) is 11.0. The van der Waals surface area contributed by atoms with Crippen molar-refractivity contribution in [1.82, 2.24) is 0 Å². The van der Waals surface area contributed by atoms with Crippen LogP contribution in [0.3, 0.4) is 0 Å². The third-order valence-corrected chi connectivity index (χ3v) is 1.75. The number of hydrogen-bond acceptors (Lipinski definition) is 1. The summed E-state index contributed by atoms with van der Waals surface area (Å²) in [6, 6.07) is 0. The summed E-state index contributed by atoms with van der Waals surface area (Å²) in [6.07, 6.45) is 3.71.